The molecule has 1 aromatic carbocycles. The van der Waals surface area contributed by atoms with Gasteiger partial charge in [-0.3, -0.25) is 0 Å². The van der Waals surface area contributed by atoms with Crippen molar-refractivity contribution in [3.8, 4) is 0 Å². The van der Waals surface area contributed by atoms with Crippen molar-refractivity contribution in [2.75, 3.05) is 0 Å². The summed E-state index contributed by atoms with van der Waals surface area (Å²) in [5.74, 6) is 0.737. The second-order valence-corrected chi connectivity index (χ2v) is 7.05. The highest BCUT2D eigenvalue weighted by atomic mass is 16.5. The van der Waals surface area contributed by atoms with Gasteiger partial charge in [0.25, 0.3) is 0 Å². The average molecular weight is 261 g/mol. The Morgan fingerprint density at radius 1 is 1.16 bits per heavy atom. The highest BCUT2D eigenvalue weighted by molar-refractivity contribution is 5.21. The van der Waals surface area contributed by atoms with E-state index in [0.29, 0.717) is 11.8 Å². The van der Waals surface area contributed by atoms with Gasteiger partial charge in [-0.05, 0) is 45.6 Å². The van der Waals surface area contributed by atoms with Crippen molar-refractivity contribution in [2.24, 2.45) is 11.7 Å². The summed E-state index contributed by atoms with van der Waals surface area (Å²) < 4.78 is 6.18. The summed E-state index contributed by atoms with van der Waals surface area (Å²) in [6, 6.07) is 10.7. The van der Waals surface area contributed by atoms with E-state index in [9.17, 15) is 0 Å². The van der Waals surface area contributed by atoms with Gasteiger partial charge >= 0.3 is 0 Å². The lowest BCUT2D eigenvalue weighted by Crippen LogP contribution is -2.44. The molecule has 0 saturated carbocycles. The van der Waals surface area contributed by atoms with Gasteiger partial charge in [0.05, 0.1) is 11.2 Å². The van der Waals surface area contributed by atoms with E-state index < -0.39 is 0 Å². The predicted octanol–water partition coefficient (Wildman–Crippen LogP) is 3.71. The highest BCUT2D eigenvalue weighted by Crippen LogP contribution is 2.45. The maximum atomic E-state index is 6.57. The maximum Gasteiger partial charge on any atom is 0.0677 e. The third kappa shape index (κ3) is 3.01. The van der Waals surface area contributed by atoms with Crippen LogP contribution in [0.25, 0.3) is 0 Å². The molecule has 2 heteroatoms. The summed E-state index contributed by atoms with van der Waals surface area (Å²) in [7, 11) is 0. The minimum Gasteiger partial charge on any atom is -0.369 e. The first-order valence-corrected chi connectivity index (χ1v) is 7.24. The van der Waals surface area contributed by atoms with Crippen molar-refractivity contribution in [2.45, 2.75) is 64.2 Å². The van der Waals surface area contributed by atoms with Crippen LogP contribution < -0.4 is 5.73 Å². The summed E-state index contributed by atoms with van der Waals surface area (Å²) >= 11 is 0. The van der Waals surface area contributed by atoms with E-state index in [1.807, 2.05) is 6.07 Å². The summed E-state index contributed by atoms with van der Waals surface area (Å²) in [5.41, 5.74) is 7.67. The molecule has 2 N–H and O–H groups in total. The molecule has 2 nitrogen and oxygen atoms in total. The molecular weight excluding hydrogens is 234 g/mol. The van der Waals surface area contributed by atoms with Gasteiger partial charge in [-0.2, -0.15) is 0 Å². The molecule has 19 heavy (non-hydrogen) atoms. The largest absolute Gasteiger partial charge is 0.369 e. The third-order valence-corrected chi connectivity index (χ3v) is 4.51. The number of hydrogen-bond acceptors (Lipinski definition) is 2. The molecule has 1 aromatic rings. The predicted molar refractivity (Wildman–Crippen MR) is 80.2 cm³/mol. The zero-order valence-corrected chi connectivity index (χ0v) is 12.8. The van der Waals surface area contributed by atoms with E-state index in [1.54, 1.807) is 0 Å². The average Bonchev–Trinajstić information content (AvgIpc) is 2.56. The Bertz CT molecular complexity index is 424. The van der Waals surface area contributed by atoms with Crippen LogP contribution in [0.1, 0.15) is 52.5 Å². The zero-order valence-electron chi connectivity index (χ0n) is 12.8. The van der Waals surface area contributed by atoms with Gasteiger partial charge in [0.1, 0.15) is 0 Å². The van der Waals surface area contributed by atoms with Gasteiger partial charge in [0.15, 0.2) is 0 Å². The smallest absolute Gasteiger partial charge is 0.0677 e. The standard InChI is InChI=1S/C17H27NO/c1-12(13-9-7-6-8-10-13)15(18)14-11-16(2,3)19-17(14,4)5/h6-10,12,14-15H,11,18H2,1-5H3. The summed E-state index contributed by atoms with van der Waals surface area (Å²) in [5, 5.41) is 0. The molecule has 1 aliphatic rings. The van der Waals surface area contributed by atoms with Crippen molar-refractivity contribution in [3.05, 3.63) is 35.9 Å². The number of hydrogen-bond donors (Lipinski definition) is 1. The molecule has 3 atom stereocenters. The van der Waals surface area contributed by atoms with Gasteiger partial charge in [-0.15, -0.1) is 0 Å². The van der Waals surface area contributed by atoms with Crippen molar-refractivity contribution >= 4 is 0 Å². The van der Waals surface area contributed by atoms with E-state index in [-0.39, 0.29) is 17.2 Å². The molecule has 3 unspecified atom stereocenters. The van der Waals surface area contributed by atoms with Crippen LogP contribution >= 0.6 is 0 Å². The van der Waals surface area contributed by atoms with Crippen molar-refractivity contribution in [1.82, 2.24) is 0 Å². The molecule has 1 heterocycles. The van der Waals surface area contributed by atoms with Gasteiger partial charge < -0.3 is 10.5 Å². The Labute approximate surface area is 117 Å². The van der Waals surface area contributed by atoms with E-state index in [0.717, 1.165) is 6.42 Å². The maximum absolute atomic E-state index is 6.57. The number of nitrogens with two attached hydrogens (primary N) is 1. The van der Waals surface area contributed by atoms with Crippen LogP contribution in [0, 0.1) is 5.92 Å². The second-order valence-electron chi connectivity index (χ2n) is 7.05. The lowest BCUT2D eigenvalue weighted by atomic mass is 9.75. The van der Waals surface area contributed by atoms with E-state index in [1.165, 1.54) is 5.56 Å². The molecular formula is C17H27NO. The summed E-state index contributed by atoms with van der Waals surface area (Å²) in [6.45, 7) is 10.9. The Morgan fingerprint density at radius 2 is 1.74 bits per heavy atom. The van der Waals surface area contributed by atoms with E-state index >= 15 is 0 Å². The first kappa shape index (κ1) is 14.5. The SMILES string of the molecule is CC(c1ccccc1)C(N)C1CC(C)(C)OC1(C)C. The van der Waals surface area contributed by atoms with E-state index in [4.69, 9.17) is 10.5 Å². The molecule has 1 saturated heterocycles. The minimum absolute atomic E-state index is 0.0673. The molecule has 0 aliphatic carbocycles. The van der Waals surface area contributed by atoms with Crippen LogP contribution in [0.3, 0.4) is 0 Å². The van der Waals surface area contributed by atoms with Crippen molar-refractivity contribution in [3.63, 3.8) is 0 Å². The number of benzene rings is 1. The third-order valence-electron chi connectivity index (χ3n) is 4.51. The fourth-order valence-electron chi connectivity index (χ4n) is 3.53. The number of rotatable bonds is 3. The Balaban J connectivity index is 2.18. The molecule has 1 aliphatic heterocycles. The van der Waals surface area contributed by atoms with Crippen LogP contribution in [0.4, 0.5) is 0 Å². The van der Waals surface area contributed by atoms with Crippen molar-refractivity contribution in [1.29, 1.82) is 0 Å². The molecule has 0 aromatic heterocycles. The quantitative estimate of drug-likeness (QED) is 0.900. The Kier molecular flexibility index (Phi) is 3.76. The second kappa shape index (κ2) is 4.92. The molecule has 0 radical (unpaired) electrons. The normalized spacial score (nSPS) is 28.0. The lowest BCUT2D eigenvalue weighted by molar-refractivity contribution is -0.0771. The zero-order chi connectivity index (χ0) is 14.3. The Morgan fingerprint density at radius 3 is 2.21 bits per heavy atom. The molecule has 0 bridgehead atoms. The lowest BCUT2D eigenvalue weighted by Gasteiger charge is -2.34. The van der Waals surface area contributed by atoms with Crippen LogP contribution in [-0.4, -0.2) is 17.2 Å². The number of ether oxygens (including phenoxy) is 1. The summed E-state index contributed by atoms with van der Waals surface area (Å²) in [6.07, 6.45) is 1.03. The summed E-state index contributed by atoms with van der Waals surface area (Å²) in [4.78, 5) is 0. The molecule has 1 fully saturated rings. The topological polar surface area (TPSA) is 35.2 Å². The van der Waals surface area contributed by atoms with Crippen LogP contribution in [0.5, 0.6) is 0 Å². The first-order valence-electron chi connectivity index (χ1n) is 7.24. The fourth-order valence-corrected chi connectivity index (χ4v) is 3.53. The highest BCUT2D eigenvalue weighted by Gasteiger charge is 2.49. The minimum atomic E-state index is -0.147. The first-order chi connectivity index (χ1) is 8.73. The molecule has 2 rings (SSSR count). The molecule has 106 valence electrons. The van der Waals surface area contributed by atoms with Gasteiger partial charge in [-0.25, -0.2) is 0 Å². The van der Waals surface area contributed by atoms with Crippen molar-refractivity contribution < 1.29 is 4.74 Å². The fraction of sp³-hybridized carbons (Fsp3) is 0.647. The van der Waals surface area contributed by atoms with E-state index in [2.05, 4.69) is 58.9 Å². The molecule has 0 spiro atoms. The molecule has 0 amide bonds. The monoisotopic (exact) mass is 261 g/mol. The van der Waals surface area contributed by atoms with Crippen LogP contribution in [-0.2, 0) is 4.74 Å². The van der Waals surface area contributed by atoms with Crippen LogP contribution in [0.15, 0.2) is 30.3 Å². The van der Waals surface area contributed by atoms with Gasteiger partial charge in [0, 0.05) is 12.0 Å². The van der Waals surface area contributed by atoms with Crippen LogP contribution in [0.2, 0.25) is 0 Å². The van der Waals surface area contributed by atoms with Gasteiger partial charge in [0.2, 0.25) is 0 Å². The van der Waals surface area contributed by atoms with Gasteiger partial charge in [-0.1, -0.05) is 37.3 Å². The Hall–Kier alpha value is -0.860.